The van der Waals surface area contributed by atoms with Crippen molar-refractivity contribution < 1.29 is 28.0 Å². The molecule has 130 valence electrons. The van der Waals surface area contributed by atoms with Gasteiger partial charge in [0.05, 0.1) is 12.6 Å². The van der Waals surface area contributed by atoms with Gasteiger partial charge < -0.3 is 16.4 Å². The molecule has 1 aromatic carbocycles. The quantitative estimate of drug-likeness (QED) is 0.554. The van der Waals surface area contributed by atoms with E-state index in [0.717, 1.165) is 6.92 Å². The van der Waals surface area contributed by atoms with Crippen molar-refractivity contribution in [1.29, 1.82) is 0 Å². The van der Waals surface area contributed by atoms with Crippen molar-refractivity contribution in [1.82, 2.24) is 10.6 Å². The fourth-order valence-corrected chi connectivity index (χ4v) is 1.91. The van der Waals surface area contributed by atoms with E-state index in [2.05, 4.69) is 5.32 Å². The number of carbonyl (C=O) groups is 4. The van der Waals surface area contributed by atoms with E-state index in [1.165, 1.54) is 0 Å². The highest BCUT2D eigenvalue weighted by molar-refractivity contribution is 6.11. The van der Waals surface area contributed by atoms with Crippen molar-refractivity contribution in [2.24, 2.45) is 5.73 Å². The van der Waals surface area contributed by atoms with Crippen molar-refractivity contribution >= 4 is 23.5 Å². The first-order valence-corrected chi connectivity index (χ1v) is 6.94. The molecule has 4 N–H and O–H groups in total. The lowest BCUT2D eigenvalue weighted by Crippen LogP contribution is -2.55. The lowest BCUT2D eigenvalue weighted by Gasteiger charge is -2.22. The molecule has 0 aliphatic heterocycles. The molecule has 0 saturated carbocycles. The molecule has 0 saturated heterocycles. The third-order valence-electron chi connectivity index (χ3n) is 2.99. The first kappa shape index (κ1) is 19.2. The Morgan fingerprint density at radius 3 is 2.25 bits per heavy atom. The van der Waals surface area contributed by atoms with Crippen molar-refractivity contribution in [3.05, 3.63) is 35.9 Å². The van der Waals surface area contributed by atoms with Gasteiger partial charge in [-0.1, -0.05) is 30.3 Å². The van der Waals surface area contributed by atoms with Gasteiger partial charge in [0, 0.05) is 13.3 Å². The molecule has 3 amide bonds. The van der Waals surface area contributed by atoms with Crippen molar-refractivity contribution in [3.63, 3.8) is 0 Å². The monoisotopic (exact) mass is 341 g/mol. The Morgan fingerprint density at radius 2 is 1.75 bits per heavy atom. The molecule has 0 aromatic heterocycles. The minimum Gasteiger partial charge on any atom is -0.368 e. The molecule has 1 atom stereocenters. The summed E-state index contributed by atoms with van der Waals surface area (Å²) in [6.45, 7) is 0.238. The zero-order valence-electron chi connectivity index (χ0n) is 12.8. The summed E-state index contributed by atoms with van der Waals surface area (Å²) >= 11 is 0. The molecule has 1 rings (SSSR count). The Kier molecular flexibility index (Phi) is 6.51. The smallest absolute Gasteiger partial charge is 0.368 e. The molecule has 0 spiro atoms. The Labute approximate surface area is 136 Å². The van der Waals surface area contributed by atoms with Gasteiger partial charge in [-0.3, -0.25) is 19.2 Å². The minimum atomic E-state index is -4.42. The summed E-state index contributed by atoms with van der Waals surface area (Å²) in [5.74, 6) is -9.87. The number of carbonyl (C=O) groups excluding carboxylic acids is 4. The maximum atomic E-state index is 14.0. The van der Waals surface area contributed by atoms with Crippen LogP contribution in [0.2, 0.25) is 0 Å². The lowest BCUT2D eigenvalue weighted by atomic mass is 9.98. The average molecular weight is 341 g/mol. The van der Waals surface area contributed by atoms with Crippen LogP contribution in [0.4, 0.5) is 8.78 Å². The predicted octanol–water partition coefficient (Wildman–Crippen LogP) is -0.460. The highest BCUT2D eigenvalue weighted by atomic mass is 19.3. The Bertz CT molecular complexity index is 635. The van der Waals surface area contributed by atoms with Gasteiger partial charge >= 0.3 is 5.92 Å². The summed E-state index contributed by atoms with van der Waals surface area (Å²) < 4.78 is 28.0. The number of alkyl halides is 2. The van der Waals surface area contributed by atoms with Gasteiger partial charge in [-0.2, -0.15) is 8.78 Å². The number of primary amides is 1. The maximum absolute atomic E-state index is 14.0. The molecule has 1 unspecified atom stereocenters. The van der Waals surface area contributed by atoms with E-state index >= 15 is 0 Å². The minimum absolute atomic E-state index is 0.210. The van der Waals surface area contributed by atoms with Crippen LogP contribution in [0.1, 0.15) is 12.5 Å². The summed E-state index contributed by atoms with van der Waals surface area (Å²) in [6, 6.07) is 6.56. The second kappa shape index (κ2) is 8.14. The number of nitrogens with one attached hydrogen (secondary N) is 2. The summed E-state index contributed by atoms with van der Waals surface area (Å²) in [4.78, 5) is 45.2. The van der Waals surface area contributed by atoms with Crippen molar-refractivity contribution in [2.45, 2.75) is 25.3 Å². The standard InChI is InChI=1S/C15H17F2N3O4/c1-9(21)20-11(7-10-5-3-2-4-6-10)13(23)15(16,17)14(24)19-8-12(18)22/h2-6,11H,7-8H2,1H3,(H2,18,22)(H,19,24)(H,20,21). The first-order chi connectivity index (χ1) is 11.1. The zero-order chi connectivity index (χ0) is 18.3. The third kappa shape index (κ3) is 5.41. The number of ketones is 1. The molecule has 7 nitrogen and oxygen atoms in total. The van der Waals surface area contributed by atoms with Crippen LogP contribution in [-0.2, 0) is 25.6 Å². The highest BCUT2D eigenvalue weighted by Gasteiger charge is 2.50. The van der Waals surface area contributed by atoms with Crippen LogP contribution >= 0.6 is 0 Å². The van der Waals surface area contributed by atoms with E-state index in [9.17, 15) is 28.0 Å². The van der Waals surface area contributed by atoms with E-state index in [1.807, 2.05) is 0 Å². The van der Waals surface area contributed by atoms with Crippen LogP contribution in [0.3, 0.4) is 0 Å². The highest BCUT2D eigenvalue weighted by Crippen LogP contribution is 2.19. The summed E-state index contributed by atoms with van der Waals surface area (Å²) in [6.07, 6.45) is -0.210. The van der Waals surface area contributed by atoms with Gasteiger partial charge in [0.2, 0.25) is 17.6 Å². The predicted molar refractivity (Wildman–Crippen MR) is 79.9 cm³/mol. The van der Waals surface area contributed by atoms with Crippen LogP contribution in [0.25, 0.3) is 0 Å². The summed E-state index contributed by atoms with van der Waals surface area (Å²) in [5.41, 5.74) is 5.27. The van der Waals surface area contributed by atoms with E-state index in [1.54, 1.807) is 35.6 Å². The maximum Gasteiger partial charge on any atom is 0.383 e. The average Bonchev–Trinajstić information content (AvgIpc) is 2.51. The zero-order valence-corrected chi connectivity index (χ0v) is 12.8. The largest absolute Gasteiger partial charge is 0.383 e. The van der Waals surface area contributed by atoms with Crippen LogP contribution in [-0.4, -0.2) is 42.0 Å². The number of hydrogen-bond acceptors (Lipinski definition) is 4. The fraction of sp³-hybridized carbons (Fsp3) is 0.333. The lowest BCUT2D eigenvalue weighted by molar-refractivity contribution is -0.160. The van der Waals surface area contributed by atoms with Gasteiger partial charge in [-0.25, -0.2) is 0 Å². The Morgan fingerprint density at radius 1 is 1.17 bits per heavy atom. The molecule has 9 heteroatoms. The normalized spacial score (nSPS) is 12.1. The van der Waals surface area contributed by atoms with E-state index < -0.39 is 42.0 Å². The van der Waals surface area contributed by atoms with E-state index in [-0.39, 0.29) is 6.42 Å². The van der Waals surface area contributed by atoms with Gasteiger partial charge in [-0.05, 0) is 5.56 Å². The van der Waals surface area contributed by atoms with Gasteiger partial charge in [0.25, 0.3) is 5.91 Å². The second-order valence-electron chi connectivity index (χ2n) is 5.03. The van der Waals surface area contributed by atoms with Crippen LogP contribution in [0, 0.1) is 0 Å². The number of hydrogen-bond donors (Lipinski definition) is 3. The molecular weight excluding hydrogens is 324 g/mol. The van der Waals surface area contributed by atoms with Gasteiger partial charge in [0.1, 0.15) is 0 Å². The number of Topliss-reactive ketones (excluding diaryl/α,β-unsaturated/α-hetero) is 1. The summed E-state index contributed by atoms with van der Waals surface area (Å²) in [7, 11) is 0. The third-order valence-corrected chi connectivity index (χ3v) is 2.99. The molecule has 0 radical (unpaired) electrons. The van der Waals surface area contributed by atoms with Crippen molar-refractivity contribution in [2.75, 3.05) is 6.54 Å². The van der Waals surface area contributed by atoms with Gasteiger partial charge in [0.15, 0.2) is 0 Å². The molecule has 0 aliphatic rings. The van der Waals surface area contributed by atoms with E-state index in [4.69, 9.17) is 5.73 Å². The molecule has 24 heavy (non-hydrogen) atoms. The molecule has 0 heterocycles. The number of rotatable bonds is 8. The molecule has 0 bridgehead atoms. The first-order valence-electron chi connectivity index (χ1n) is 6.94. The molecular formula is C15H17F2N3O4. The van der Waals surface area contributed by atoms with Crippen LogP contribution in [0.15, 0.2) is 30.3 Å². The van der Waals surface area contributed by atoms with Crippen LogP contribution < -0.4 is 16.4 Å². The summed E-state index contributed by atoms with van der Waals surface area (Å²) in [5, 5.41) is 3.69. The molecule has 0 fully saturated rings. The molecule has 0 aliphatic carbocycles. The Balaban J connectivity index is 2.94. The topological polar surface area (TPSA) is 118 Å². The fourth-order valence-electron chi connectivity index (χ4n) is 1.91. The Hall–Kier alpha value is -2.84. The van der Waals surface area contributed by atoms with Crippen molar-refractivity contribution in [3.8, 4) is 0 Å². The number of amides is 3. The van der Waals surface area contributed by atoms with E-state index in [0.29, 0.717) is 5.56 Å². The SMILES string of the molecule is CC(=O)NC(Cc1ccccc1)C(=O)C(F)(F)C(=O)NCC(N)=O. The number of benzene rings is 1. The van der Waals surface area contributed by atoms with Crippen LogP contribution in [0.5, 0.6) is 0 Å². The number of halogens is 2. The van der Waals surface area contributed by atoms with Gasteiger partial charge in [-0.15, -0.1) is 0 Å². The second-order valence-corrected chi connectivity index (χ2v) is 5.03. The number of nitrogens with two attached hydrogens (primary N) is 1. The molecule has 1 aromatic rings.